The molecule has 16 heavy (non-hydrogen) atoms. The van der Waals surface area contributed by atoms with Gasteiger partial charge < -0.3 is 14.3 Å². The number of nitrogens with zero attached hydrogens (tertiary/aromatic N) is 1. The van der Waals surface area contributed by atoms with E-state index < -0.39 is 0 Å². The van der Waals surface area contributed by atoms with Crippen molar-refractivity contribution >= 4 is 12.2 Å². The molecule has 1 N–H and O–H groups in total. The van der Waals surface area contributed by atoms with E-state index in [1.165, 1.54) is 5.56 Å². The molecule has 82 valence electrons. The van der Waals surface area contributed by atoms with Crippen LogP contribution in [0, 0.1) is 4.77 Å². The molecule has 2 heterocycles. The Morgan fingerprint density at radius 1 is 1.38 bits per heavy atom. The van der Waals surface area contributed by atoms with Crippen molar-refractivity contribution in [1.82, 2.24) is 9.55 Å². The molecule has 3 rings (SSSR count). The standard InChI is InChI=1S/C12H12N2OS/c16-12-13-5-6-14(12)10-7-9-3-1-2-4-11(9)15-8-10/h1-6,10H,7-8H2,(H,13,16). The first-order chi connectivity index (χ1) is 7.84. The van der Waals surface area contributed by atoms with Crippen molar-refractivity contribution < 1.29 is 4.74 Å². The summed E-state index contributed by atoms with van der Waals surface area (Å²) in [6.07, 6.45) is 4.81. The van der Waals surface area contributed by atoms with Crippen LogP contribution in [0.4, 0.5) is 0 Å². The Morgan fingerprint density at radius 3 is 3.06 bits per heavy atom. The first kappa shape index (κ1) is 9.66. The van der Waals surface area contributed by atoms with Crippen LogP contribution in [0.5, 0.6) is 5.75 Å². The third-order valence-corrected chi connectivity index (χ3v) is 3.26. The van der Waals surface area contributed by atoms with Crippen LogP contribution in [0.15, 0.2) is 36.7 Å². The highest BCUT2D eigenvalue weighted by Gasteiger charge is 2.20. The van der Waals surface area contributed by atoms with Gasteiger partial charge in [0.25, 0.3) is 0 Å². The zero-order valence-corrected chi connectivity index (χ0v) is 9.54. The Morgan fingerprint density at radius 2 is 2.25 bits per heavy atom. The van der Waals surface area contributed by atoms with E-state index in [9.17, 15) is 0 Å². The molecule has 1 aliphatic heterocycles. The van der Waals surface area contributed by atoms with E-state index in [1.54, 1.807) is 0 Å². The molecule has 0 amide bonds. The molecule has 1 aliphatic rings. The maximum Gasteiger partial charge on any atom is 0.177 e. The molecule has 0 fully saturated rings. The number of nitrogens with one attached hydrogen (secondary N) is 1. The van der Waals surface area contributed by atoms with Gasteiger partial charge in [-0.1, -0.05) is 18.2 Å². The van der Waals surface area contributed by atoms with Crippen LogP contribution in [-0.2, 0) is 6.42 Å². The Hall–Kier alpha value is -1.55. The van der Waals surface area contributed by atoms with Crippen molar-refractivity contribution in [2.75, 3.05) is 6.61 Å². The number of ether oxygens (including phenoxy) is 1. The quantitative estimate of drug-likeness (QED) is 0.766. The highest BCUT2D eigenvalue weighted by molar-refractivity contribution is 7.71. The molecule has 3 nitrogen and oxygen atoms in total. The van der Waals surface area contributed by atoms with Crippen LogP contribution < -0.4 is 4.74 Å². The molecular weight excluding hydrogens is 220 g/mol. The molecule has 0 aliphatic carbocycles. The zero-order valence-electron chi connectivity index (χ0n) is 8.72. The Kier molecular flexibility index (Phi) is 2.29. The fourth-order valence-electron chi connectivity index (χ4n) is 2.11. The van der Waals surface area contributed by atoms with Crippen molar-refractivity contribution in [1.29, 1.82) is 0 Å². The van der Waals surface area contributed by atoms with E-state index in [-0.39, 0.29) is 0 Å². The van der Waals surface area contributed by atoms with Crippen LogP contribution in [0.25, 0.3) is 0 Å². The molecule has 1 unspecified atom stereocenters. The fourth-order valence-corrected chi connectivity index (χ4v) is 2.39. The summed E-state index contributed by atoms with van der Waals surface area (Å²) in [7, 11) is 0. The van der Waals surface area contributed by atoms with Gasteiger partial charge in [0.05, 0.1) is 6.04 Å². The van der Waals surface area contributed by atoms with Gasteiger partial charge in [0, 0.05) is 18.8 Å². The van der Waals surface area contributed by atoms with Crippen molar-refractivity contribution in [2.45, 2.75) is 12.5 Å². The van der Waals surface area contributed by atoms with E-state index in [4.69, 9.17) is 17.0 Å². The molecule has 1 aromatic heterocycles. The third kappa shape index (κ3) is 1.55. The predicted octanol–water partition coefficient (Wildman–Crippen LogP) is 2.72. The lowest BCUT2D eigenvalue weighted by Crippen LogP contribution is -2.23. The molecule has 0 saturated carbocycles. The second-order valence-corrected chi connectivity index (χ2v) is 4.34. The lowest BCUT2D eigenvalue weighted by molar-refractivity contribution is 0.223. The van der Waals surface area contributed by atoms with Crippen LogP contribution in [0.2, 0.25) is 0 Å². The van der Waals surface area contributed by atoms with Crippen molar-refractivity contribution in [3.05, 3.63) is 47.0 Å². The van der Waals surface area contributed by atoms with Gasteiger partial charge in [-0.25, -0.2) is 0 Å². The number of imidazole rings is 1. The summed E-state index contributed by atoms with van der Waals surface area (Å²) in [6.45, 7) is 0.684. The molecule has 1 atom stereocenters. The summed E-state index contributed by atoms with van der Waals surface area (Å²) in [4.78, 5) is 3.01. The van der Waals surface area contributed by atoms with Gasteiger partial charge in [-0.15, -0.1) is 0 Å². The van der Waals surface area contributed by atoms with Gasteiger partial charge in [-0.3, -0.25) is 0 Å². The second-order valence-electron chi connectivity index (χ2n) is 3.95. The number of H-pyrrole nitrogens is 1. The van der Waals surface area contributed by atoms with Gasteiger partial charge in [-0.05, 0) is 23.8 Å². The van der Waals surface area contributed by atoms with E-state index >= 15 is 0 Å². The number of para-hydroxylation sites is 1. The van der Waals surface area contributed by atoms with Crippen molar-refractivity contribution in [3.8, 4) is 5.75 Å². The third-order valence-electron chi connectivity index (χ3n) is 2.93. The normalized spacial score (nSPS) is 18.9. The first-order valence-electron chi connectivity index (χ1n) is 5.31. The highest BCUT2D eigenvalue weighted by atomic mass is 32.1. The van der Waals surface area contributed by atoms with Gasteiger partial charge in [0.15, 0.2) is 4.77 Å². The van der Waals surface area contributed by atoms with E-state index in [2.05, 4.69) is 15.6 Å². The molecule has 0 saturated heterocycles. The van der Waals surface area contributed by atoms with E-state index in [1.807, 2.05) is 30.6 Å². The summed E-state index contributed by atoms with van der Waals surface area (Å²) >= 11 is 5.22. The average molecular weight is 232 g/mol. The molecule has 0 radical (unpaired) electrons. The lowest BCUT2D eigenvalue weighted by Gasteiger charge is -2.26. The van der Waals surface area contributed by atoms with Gasteiger partial charge in [0.1, 0.15) is 12.4 Å². The van der Waals surface area contributed by atoms with Crippen LogP contribution in [-0.4, -0.2) is 16.2 Å². The summed E-state index contributed by atoms with van der Waals surface area (Å²) in [5.74, 6) is 1.00. The maximum absolute atomic E-state index is 5.73. The number of hydrogen-bond donors (Lipinski definition) is 1. The molecular formula is C12H12N2OS. The highest BCUT2D eigenvalue weighted by Crippen LogP contribution is 2.29. The topological polar surface area (TPSA) is 29.9 Å². The van der Waals surface area contributed by atoms with Crippen LogP contribution in [0.1, 0.15) is 11.6 Å². The maximum atomic E-state index is 5.73. The van der Waals surface area contributed by atoms with Crippen molar-refractivity contribution in [2.24, 2.45) is 0 Å². The monoisotopic (exact) mass is 232 g/mol. The SMILES string of the molecule is S=c1[nH]ccn1C1COc2ccccc2C1. The predicted molar refractivity (Wildman–Crippen MR) is 64.3 cm³/mol. The average Bonchev–Trinajstić information content (AvgIpc) is 2.75. The Balaban J connectivity index is 1.94. The van der Waals surface area contributed by atoms with E-state index in [0.717, 1.165) is 16.9 Å². The summed E-state index contributed by atoms with van der Waals surface area (Å²) in [5, 5.41) is 0. The van der Waals surface area contributed by atoms with Gasteiger partial charge >= 0.3 is 0 Å². The molecule has 0 bridgehead atoms. The zero-order chi connectivity index (χ0) is 11.0. The van der Waals surface area contributed by atoms with Gasteiger partial charge in [-0.2, -0.15) is 0 Å². The first-order valence-corrected chi connectivity index (χ1v) is 5.71. The second kappa shape index (κ2) is 3.79. The van der Waals surface area contributed by atoms with Crippen LogP contribution in [0.3, 0.4) is 0 Å². The van der Waals surface area contributed by atoms with Gasteiger partial charge in [0.2, 0.25) is 0 Å². The molecule has 1 aromatic carbocycles. The van der Waals surface area contributed by atoms with Crippen LogP contribution >= 0.6 is 12.2 Å². The minimum atomic E-state index is 0.300. The van der Waals surface area contributed by atoms with E-state index in [0.29, 0.717) is 12.6 Å². The number of rotatable bonds is 1. The summed E-state index contributed by atoms with van der Waals surface area (Å²) in [6, 6.07) is 8.47. The smallest absolute Gasteiger partial charge is 0.177 e. The summed E-state index contributed by atoms with van der Waals surface area (Å²) < 4.78 is 8.55. The number of benzene rings is 1. The lowest BCUT2D eigenvalue weighted by atomic mass is 10.0. The number of fused-ring (bicyclic) bond motifs is 1. The minimum Gasteiger partial charge on any atom is -0.491 e. The number of aromatic nitrogens is 2. The van der Waals surface area contributed by atoms with Crippen molar-refractivity contribution in [3.63, 3.8) is 0 Å². The Bertz CT molecular complexity index is 558. The summed E-state index contributed by atoms with van der Waals surface area (Å²) in [5.41, 5.74) is 1.25. The number of aromatic amines is 1. The Labute approximate surface area is 98.7 Å². The molecule has 2 aromatic rings. The molecule has 4 heteroatoms. The fraction of sp³-hybridized carbons (Fsp3) is 0.250. The minimum absolute atomic E-state index is 0.300. The molecule has 0 spiro atoms. The largest absolute Gasteiger partial charge is 0.491 e. The number of hydrogen-bond acceptors (Lipinski definition) is 2.